The Morgan fingerprint density at radius 2 is 2.11 bits per heavy atom. The van der Waals surface area contributed by atoms with Gasteiger partial charge in [-0.15, -0.1) is 0 Å². The summed E-state index contributed by atoms with van der Waals surface area (Å²) in [6, 6.07) is 5.71. The normalized spacial score (nSPS) is 11.2. The number of rotatable bonds is 6. The number of hydrogen-bond acceptors (Lipinski definition) is 4. The molecule has 0 aliphatic carbocycles. The van der Waals surface area contributed by atoms with Crippen LogP contribution in [0.15, 0.2) is 18.2 Å². The lowest BCUT2D eigenvalue weighted by molar-refractivity contribution is 0.600. The van der Waals surface area contributed by atoms with Crippen molar-refractivity contribution in [3.8, 4) is 0 Å². The van der Waals surface area contributed by atoms with E-state index in [0.717, 1.165) is 16.8 Å². The Morgan fingerprint density at radius 1 is 1.44 bits per heavy atom. The monoisotopic (exact) mass is 286 g/mol. The van der Waals surface area contributed by atoms with Crippen LogP contribution in [-0.4, -0.2) is 32.0 Å². The number of nitrogens with two attached hydrogens (primary N) is 1. The standard InChI is InChI=1S/C12H18N2O2S2/c1-9-5-3-6-10(12(13)17)11(9)14-7-4-8-18(2,15)16/h3,5-6,14H,4,7-8H2,1-2H3,(H2,13,17). The van der Waals surface area contributed by atoms with E-state index in [1.165, 1.54) is 6.26 Å². The van der Waals surface area contributed by atoms with Crippen LogP contribution < -0.4 is 11.1 Å². The van der Waals surface area contributed by atoms with Gasteiger partial charge in [-0.1, -0.05) is 24.4 Å². The number of para-hydroxylation sites is 1. The Bertz CT molecular complexity index is 539. The zero-order valence-corrected chi connectivity index (χ0v) is 12.2. The third-order valence-electron chi connectivity index (χ3n) is 2.53. The van der Waals surface area contributed by atoms with E-state index in [2.05, 4.69) is 5.32 Å². The van der Waals surface area contributed by atoms with Gasteiger partial charge in [0.05, 0.1) is 5.75 Å². The van der Waals surface area contributed by atoms with E-state index < -0.39 is 9.84 Å². The fourth-order valence-electron chi connectivity index (χ4n) is 1.66. The lowest BCUT2D eigenvalue weighted by Crippen LogP contribution is -2.16. The van der Waals surface area contributed by atoms with Crippen molar-refractivity contribution in [2.45, 2.75) is 13.3 Å². The fourth-order valence-corrected chi connectivity index (χ4v) is 2.49. The number of aryl methyl sites for hydroxylation is 1. The predicted octanol–water partition coefficient (Wildman–Crippen LogP) is 1.48. The highest BCUT2D eigenvalue weighted by Crippen LogP contribution is 2.20. The number of thiocarbonyl (C=S) groups is 1. The molecule has 0 spiro atoms. The van der Waals surface area contributed by atoms with Crippen molar-refractivity contribution in [3.63, 3.8) is 0 Å². The van der Waals surface area contributed by atoms with Crippen molar-refractivity contribution in [1.29, 1.82) is 0 Å². The number of nitrogens with one attached hydrogen (secondary N) is 1. The van der Waals surface area contributed by atoms with E-state index in [-0.39, 0.29) is 5.75 Å². The lowest BCUT2D eigenvalue weighted by atomic mass is 10.1. The highest BCUT2D eigenvalue weighted by atomic mass is 32.2. The van der Waals surface area contributed by atoms with Gasteiger partial charge >= 0.3 is 0 Å². The SMILES string of the molecule is Cc1cccc(C(N)=S)c1NCCCS(C)(=O)=O. The van der Waals surface area contributed by atoms with Crippen LogP contribution in [0, 0.1) is 6.92 Å². The molecule has 1 aromatic rings. The molecule has 0 aliphatic heterocycles. The first-order chi connectivity index (χ1) is 8.31. The molecule has 0 unspecified atom stereocenters. The van der Waals surface area contributed by atoms with Crippen molar-refractivity contribution in [2.24, 2.45) is 5.73 Å². The molecule has 0 aliphatic rings. The second kappa shape index (κ2) is 6.15. The molecule has 6 heteroatoms. The molecule has 0 heterocycles. The predicted molar refractivity (Wildman–Crippen MR) is 79.9 cm³/mol. The molecule has 1 rings (SSSR count). The third kappa shape index (κ3) is 4.62. The molecule has 3 N–H and O–H groups in total. The summed E-state index contributed by atoms with van der Waals surface area (Å²) in [6.45, 7) is 2.54. The molecular formula is C12H18N2O2S2. The number of anilines is 1. The summed E-state index contributed by atoms with van der Waals surface area (Å²) in [6.07, 6.45) is 1.80. The minimum atomic E-state index is -2.91. The topological polar surface area (TPSA) is 72.2 Å². The molecule has 0 fully saturated rings. The van der Waals surface area contributed by atoms with Gasteiger partial charge in [0.25, 0.3) is 0 Å². The van der Waals surface area contributed by atoms with E-state index >= 15 is 0 Å². The molecule has 100 valence electrons. The summed E-state index contributed by atoms with van der Waals surface area (Å²) in [5, 5.41) is 3.20. The molecular weight excluding hydrogens is 268 g/mol. The van der Waals surface area contributed by atoms with Crippen LogP contribution in [0.3, 0.4) is 0 Å². The molecule has 0 bridgehead atoms. The van der Waals surface area contributed by atoms with Crippen LogP contribution in [0.1, 0.15) is 17.5 Å². The van der Waals surface area contributed by atoms with Crippen LogP contribution in [0.4, 0.5) is 5.69 Å². The molecule has 0 amide bonds. The Morgan fingerprint density at radius 3 is 2.67 bits per heavy atom. The Labute approximate surface area is 113 Å². The molecule has 0 atom stereocenters. The Balaban J connectivity index is 2.70. The van der Waals surface area contributed by atoms with E-state index in [4.69, 9.17) is 18.0 Å². The maximum Gasteiger partial charge on any atom is 0.147 e. The van der Waals surface area contributed by atoms with Crippen molar-refractivity contribution < 1.29 is 8.42 Å². The summed E-state index contributed by atoms with van der Waals surface area (Å²) >= 11 is 4.99. The van der Waals surface area contributed by atoms with Gasteiger partial charge in [-0.25, -0.2) is 8.42 Å². The first-order valence-electron chi connectivity index (χ1n) is 5.62. The number of benzene rings is 1. The van der Waals surface area contributed by atoms with Crippen molar-refractivity contribution in [1.82, 2.24) is 0 Å². The van der Waals surface area contributed by atoms with Gasteiger partial charge in [0.1, 0.15) is 14.8 Å². The maximum atomic E-state index is 11.0. The molecule has 18 heavy (non-hydrogen) atoms. The fraction of sp³-hybridized carbons (Fsp3) is 0.417. The zero-order chi connectivity index (χ0) is 13.8. The largest absolute Gasteiger partial charge is 0.389 e. The van der Waals surface area contributed by atoms with Gasteiger partial charge in [0.2, 0.25) is 0 Å². The van der Waals surface area contributed by atoms with E-state index in [1.54, 1.807) is 0 Å². The maximum absolute atomic E-state index is 11.0. The molecule has 1 aromatic carbocycles. The van der Waals surface area contributed by atoms with Crippen LogP contribution in [0.25, 0.3) is 0 Å². The highest BCUT2D eigenvalue weighted by Gasteiger charge is 2.08. The first kappa shape index (κ1) is 14.9. The van der Waals surface area contributed by atoms with Gasteiger partial charge < -0.3 is 11.1 Å². The highest BCUT2D eigenvalue weighted by molar-refractivity contribution is 7.90. The van der Waals surface area contributed by atoms with Gasteiger partial charge in [-0.3, -0.25) is 0 Å². The van der Waals surface area contributed by atoms with Crippen LogP contribution in [-0.2, 0) is 9.84 Å². The average Bonchev–Trinajstić information content (AvgIpc) is 2.24. The Kier molecular flexibility index (Phi) is 5.10. The Hall–Kier alpha value is -1.14. The smallest absolute Gasteiger partial charge is 0.147 e. The van der Waals surface area contributed by atoms with Gasteiger partial charge in [0, 0.05) is 24.1 Å². The van der Waals surface area contributed by atoms with Crippen LogP contribution in [0.2, 0.25) is 0 Å². The van der Waals surface area contributed by atoms with E-state index in [1.807, 2.05) is 25.1 Å². The molecule has 0 saturated heterocycles. The average molecular weight is 286 g/mol. The van der Waals surface area contributed by atoms with E-state index in [9.17, 15) is 8.42 Å². The van der Waals surface area contributed by atoms with E-state index in [0.29, 0.717) is 18.0 Å². The molecule has 4 nitrogen and oxygen atoms in total. The van der Waals surface area contributed by atoms with Crippen LogP contribution >= 0.6 is 12.2 Å². The summed E-state index contributed by atoms with van der Waals surface area (Å²) in [5.41, 5.74) is 8.38. The summed E-state index contributed by atoms with van der Waals surface area (Å²) in [7, 11) is -2.91. The minimum absolute atomic E-state index is 0.175. The molecule has 0 aromatic heterocycles. The summed E-state index contributed by atoms with van der Waals surface area (Å²) in [4.78, 5) is 0.337. The van der Waals surface area contributed by atoms with Crippen molar-refractivity contribution in [2.75, 3.05) is 23.9 Å². The van der Waals surface area contributed by atoms with Gasteiger partial charge in [-0.2, -0.15) is 0 Å². The lowest BCUT2D eigenvalue weighted by Gasteiger charge is -2.13. The quantitative estimate of drug-likeness (QED) is 0.612. The second-order valence-corrected chi connectivity index (χ2v) is 6.97. The summed E-state index contributed by atoms with van der Waals surface area (Å²) < 4.78 is 22.0. The van der Waals surface area contributed by atoms with Crippen molar-refractivity contribution >= 4 is 32.7 Å². The van der Waals surface area contributed by atoms with Gasteiger partial charge in [0.15, 0.2) is 0 Å². The summed E-state index contributed by atoms with van der Waals surface area (Å²) in [5.74, 6) is 0.175. The number of hydrogen-bond donors (Lipinski definition) is 2. The molecule has 0 saturated carbocycles. The minimum Gasteiger partial charge on any atom is -0.389 e. The van der Waals surface area contributed by atoms with Gasteiger partial charge in [-0.05, 0) is 25.0 Å². The zero-order valence-electron chi connectivity index (χ0n) is 10.6. The number of sulfone groups is 1. The van der Waals surface area contributed by atoms with Crippen LogP contribution in [0.5, 0.6) is 0 Å². The third-order valence-corrected chi connectivity index (χ3v) is 3.78. The second-order valence-electron chi connectivity index (χ2n) is 4.27. The first-order valence-corrected chi connectivity index (χ1v) is 8.09. The molecule has 0 radical (unpaired) electrons. The van der Waals surface area contributed by atoms with Crippen molar-refractivity contribution in [3.05, 3.63) is 29.3 Å².